The number of hydrogen-bond donors (Lipinski definition) is 1. The zero-order valence-corrected chi connectivity index (χ0v) is 15.6. The third-order valence-electron chi connectivity index (χ3n) is 4.64. The van der Waals surface area contributed by atoms with Gasteiger partial charge in [0.1, 0.15) is 11.6 Å². The van der Waals surface area contributed by atoms with Crippen LogP contribution in [0.15, 0.2) is 48.5 Å². The molecular weight excluding hydrogens is 371 g/mol. The van der Waals surface area contributed by atoms with E-state index < -0.39 is 0 Å². The minimum absolute atomic E-state index is 0.0526. The van der Waals surface area contributed by atoms with E-state index >= 15 is 0 Å². The van der Waals surface area contributed by atoms with Gasteiger partial charge < -0.3 is 14.7 Å². The molecule has 1 saturated heterocycles. The van der Waals surface area contributed by atoms with E-state index in [1.165, 1.54) is 12.1 Å². The number of piperazine rings is 1. The van der Waals surface area contributed by atoms with Gasteiger partial charge in [-0.3, -0.25) is 9.69 Å². The minimum atomic E-state index is -0.270. The van der Waals surface area contributed by atoms with Crippen LogP contribution in [0.5, 0.6) is 5.75 Å². The second-order valence-electron chi connectivity index (χ2n) is 6.52. The van der Waals surface area contributed by atoms with Gasteiger partial charge in [-0.2, -0.15) is 0 Å². The molecule has 1 unspecified atom stereocenters. The molecular formula is C20H22ClFN2O3. The molecule has 2 aromatic rings. The topological polar surface area (TPSA) is 53.0 Å². The van der Waals surface area contributed by atoms with Crippen molar-refractivity contribution in [3.8, 4) is 5.75 Å². The fourth-order valence-corrected chi connectivity index (χ4v) is 3.22. The zero-order chi connectivity index (χ0) is 19.2. The molecule has 3 rings (SSSR count). The van der Waals surface area contributed by atoms with Crippen molar-refractivity contribution < 1.29 is 19.0 Å². The maximum Gasteiger partial charge on any atom is 0.260 e. The molecule has 1 fully saturated rings. The quantitative estimate of drug-likeness (QED) is 0.821. The number of benzene rings is 2. The van der Waals surface area contributed by atoms with Crippen LogP contribution in [0, 0.1) is 5.82 Å². The van der Waals surface area contributed by atoms with E-state index in [4.69, 9.17) is 16.3 Å². The third-order valence-corrected chi connectivity index (χ3v) is 4.89. The standard InChI is InChI=1S/C20H22ClFN2O3/c21-16-3-7-19(8-4-16)27-14-20(26)24-10-9-23(18(12-24)13-25)11-15-1-5-17(22)6-2-15/h1-8,18,25H,9-14H2. The number of aliphatic hydroxyl groups excluding tert-OH is 1. The van der Waals surface area contributed by atoms with E-state index in [0.29, 0.717) is 37.0 Å². The molecule has 5 nitrogen and oxygen atoms in total. The molecule has 0 aromatic heterocycles. The fourth-order valence-electron chi connectivity index (χ4n) is 3.09. The number of hydrogen-bond acceptors (Lipinski definition) is 4. The molecule has 1 N–H and O–H groups in total. The Kier molecular flexibility index (Phi) is 6.66. The fraction of sp³-hybridized carbons (Fsp3) is 0.350. The summed E-state index contributed by atoms with van der Waals surface area (Å²) < 4.78 is 18.6. The lowest BCUT2D eigenvalue weighted by atomic mass is 10.1. The number of amides is 1. The maximum atomic E-state index is 13.0. The zero-order valence-electron chi connectivity index (χ0n) is 14.9. The van der Waals surface area contributed by atoms with Crippen molar-refractivity contribution in [1.29, 1.82) is 0 Å². The summed E-state index contributed by atoms with van der Waals surface area (Å²) in [6.07, 6.45) is 0. The number of halogens is 2. The smallest absolute Gasteiger partial charge is 0.260 e. The van der Waals surface area contributed by atoms with Crippen LogP contribution in [-0.4, -0.2) is 59.7 Å². The molecule has 0 radical (unpaired) electrons. The molecule has 1 atom stereocenters. The Labute approximate surface area is 162 Å². The van der Waals surface area contributed by atoms with E-state index in [2.05, 4.69) is 4.90 Å². The summed E-state index contributed by atoms with van der Waals surface area (Å²) in [6.45, 7) is 2.12. The summed E-state index contributed by atoms with van der Waals surface area (Å²) >= 11 is 5.83. The largest absolute Gasteiger partial charge is 0.484 e. The average molecular weight is 393 g/mol. The van der Waals surface area contributed by atoms with Crippen molar-refractivity contribution in [2.75, 3.05) is 32.8 Å². The van der Waals surface area contributed by atoms with Gasteiger partial charge in [0.25, 0.3) is 5.91 Å². The van der Waals surface area contributed by atoms with Gasteiger partial charge in [-0.25, -0.2) is 4.39 Å². The normalized spacial score (nSPS) is 17.7. The van der Waals surface area contributed by atoms with Gasteiger partial charge in [0.05, 0.1) is 12.6 Å². The number of carbonyl (C=O) groups excluding carboxylic acids is 1. The Morgan fingerprint density at radius 3 is 2.52 bits per heavy atom. The highest BCUT2D eigenvalue weighted by atomic mass is 35.5. The second kappa shape index (κ2) is 9.17. The highest BCUT2D eigenvalue weighted by Gasteiger charge is 2.29. The molecule has 0 bridgehead atoms. The van der Waals surface area contributed by atoms with Crippen molar-refractivity contribution in [2.45, 2.75) is 12.6 Å². The van der Waals surface area contributed by atoms with Crippen molar-refractivity contribution in [3.63, 3.8) is 0 Å². The van der Waals surface area contributed by atoms with Crippen molar-refractivity contribution in [1.82, 2.24) is 9.80 Å². The van der Waals surface area contributed by atoms with Gasteiger partial charge in [-0.1, -0.05) is 23.7 Å². The average Bonchev–Trinajstić information content (AvgIpc) is 2.69. The van der Waals surface area contributed by atoms with Gasteiger partial charge >= 0.3 is 0 Å². The molecule has 1 amide bonds. The van der Waals surface area contributed by atoms with Crippen molar-refractivity contribution >= 4 is 17.5 Å². The Bertz CT molecular complexity index is 755. The van der Waals surface area contributed by atoms with Gasteiger partial charge in [-0.15, -0.1) is 0 Å². The van der Waals surface area contributed by atoms with E-state index in [1.807, 2.05) is 0 Å². The maximum absolute atomic E-state index is 13.0. The van der Waals surface area contributed by atoms with Crippen molar-refractivity contribution in [2.24, 2.45) is 0 Å². The summed E-state index contributed by atoms with van der Waals surface area (Å²) in [5, 5.41) is 10.3. The first-order valence-corrected chi connectivity index (χ1v) is 9.18. The first kappa shape index (κ1) is 19.6. The monoisotopic (exact) mass is 392 g/mol. The number of rotatable bonds is 6. The highest BCUT2D eigenvalue weighted by Crippen LogP contribution is 2.17. The summed E-state index contributed by atoms with van der Waals surface area (Å²) in [6, 6.07) is 13.0. The van der Waals surface area contributed by atoms with Gasteiger partial charge in [0, 0.05) is 31.2 Å². The third kappa shape index (κ3) is 5.42. The summed E-state index contributed by atoms with van der Waals surface area (Å²) in [7, 11) is 0. The molecule has 1 aliphatic heterocycles. The van der Waals surface area contributed by atoms with Crippen LogP contribution in [-0.2, 0) is 11.3 Å². The number of aliphatic hydroxyl groups is 1. The first-order valence-electron chi connectivity index (χ1n) is 8.80. The highest BCUT2D eigenvalue weighted by molar-refractivity contribution is 6.30. The Morgan fingerprint density at radius 1 is 1.15 bits per heavy atom. The predicted octanol–water partition coefficient (Wildman–Crippen LogP) is 2.56. The molecule has 0 aliphatic carbocycles. The molecule has 2 aromatic carbocycles. The Balaban J connectivity index is 1.52. The van der Waals surface area contributed by atoms with Gasteiger partial charge in [-0.05, 0) is 42.0 Å². The molecule has 27 heavy (non-hydrogen) atoms. The Hall–Kier alpha value is -2.15. The first-order chi connectivity index (χ1) is 13.0. The summed E-state index contributed by atoms with van der Waals surface area (Å²) in [4.78, 5) is 16.2. The lowest BCUT2D eigenvalue weighted by molar-refractivity contribution is -0.137. The predicted molar refractivity (Wildman–Crippen MR) is 101 cm³/mol. The number of carbonyl (C=O) groups is 1. The summed E-state index contributed by atoms with van der Waals surface area (Å²) in [5.74, 6) is 0.194. The van der Waals surface area contributed by atoms with Gasteiger partial charge in [0.15, 0.2) is 6.61 Å². The van der Waals surface area contributed by atoms with E-state index in [9.17, 15) is 14.3 Å². The van der Waals surface area contributed by atoms with Crippen LogP contribution in [0.2, 0.25) is 5.02 Å². The van der Waals surface area contributed by atoms with Crippen LogP contribution < -0.4 is 4.74 Å². The summed E-state index contributed by atoms with van der Waals surface area (Å²) in [5.41, 5.74) is 0.973. The van der Waals surface area contributed by atoms with Crippen LogP contribution in [0.3, 0.4) is 0 Å². The molecule has 144 valence electrons. The molecule has 0 saturated carbocycles. The van der Waals surface area contributed by atoms with Crippen LogP contribution in [0.1, 0.15) is 5.56 Å². The lowest BCUT2D eigenvalue weighted by Crippen LogP contribution is -2.56. The van der Waals surface area contributed by atoms with Crippen molar-refractivity contribution in [3.05, 3.63) is 64.9 Å². The van der Waals surface area contributed by atoms with Crippen LogP contribution >= 0.6 is 11.6 Å². The number of ether oxygens (including phenoxy) is 1. The number of nitrogens with zero attached hydrogens (tertiary/aromatic N) is 2. The van der Waals surface area contributed by atoms with Gasteiger partial charge in [0.2, 0.25) is 0 Å². The Morgan fingerprint density at radius 2 is 1.85 bits per heavy atom. The second-order valence-corrected chi connectivity index (χ2v) is 6.95. The van der Waals surface area contributed by atoms with E-state index in [-0.39, 0.29) is 31.0 Å². The molecule has 0 spiro atoms. The molecule has 7 heteroatoms. The van der Waals surface area contributed by atoms with E-state index in [1.54, 1.807) is 41.3 Å². The molecule has 1 aliphatic rings. The minimum Gasteiger partial charge on any atom is -0.484 e. The van der Waals surface area contributed by atoms with Crippen LogP contribution in [0.25, 0.3) is 0 Å². The SMILES string of the molecule is O=C(COc1ccc(Cl)cc1)N1CCN(Cc2ccc(F)cc2)C(CO)C1. The van der Waals surface area contributed by atoms with E-state index in [0.717, 1.165) is 5.56 Å². The molecule has 1 heterocycles. The lowest BCUT2D eigenvalue weighted by Gasteiger charge is -2.40. The van der Waals surface area contributed by atoms with Crippen LogP contribution in [0.4, 0.5) is 4.39 Å².